The number of hydrogen-bond donors (Lipinski definition) is 2. The molecule has 0 bridgehead atoms. The van der Waals surface area contributed by atoms with Crippen LogP contribution in [0, 0.1) is 18.3 Å². The summed E-state index contributed by atoms with van der Waals surface area (Å²) in [6, 6.07) is 10.1. The van der Waals surface area contributed by atoms with Crippen molar-refractivity contribution in [3.8, 4) is 6.07 Å². The first-order chi connectivity index (χ1) is 11.5. The number of aliphatic carboxylic acids is 1. The van der Waals surface area contributed by atoms with Crippen molar-refractivity contribution in [3.05, 3.63) is 41.6 Å². The average molecular weight is 328 g/mol. The van der Waals surface area contributed by atoms with Gasteiger partial charge in [-0.1, -0.05) is 12.1 Å². The molecule has 1 saturated heterocycles. The number of carbonyl (C=O) groups is 2. The van der Waals surface area contributed by atoms with Gasteiger partial charge in [0.05, 0.1) is 0 Å². The molecule has 1 aromatic carbocycles. The zero-order valence-corrected chi connectivity index (χ0v) is 13.5. The lowest BCUT2D eigenvalue weighted by molar-refractivity contribution is -0.137. The number of nitrogens with zero attached hydrogens (tertiary/aromatic N) is 3. The van der Waals surface area contributed by atoms with Crippen LogP contribution in [0.1, 0.15) is 5.56 Å². The van der Waals surface area contributed by atoms with E-state index in [4.69, 9.17) is 10.4 Å². The average Bonchev–Trinajstić information content (AvgIpc) is 2.58. The van der Waals surface area contributed by atoms with Gasteiger partial charge < -0.3 is 20.2 Å². The van der Waals surface area contributed by atoms with Crippen LogP contribution >= 0.6 is 0 Å². The van der Waals surface area contributed by atoms with Gasteiger partial charge in [-0.2, -0.15) is 5.26 Å². The molecule has 1 aromatic rings. The first kappa shape index (κ1) is 17.3. The van der Waals surface area contributed by atoms with Gasteiger partial charge in [-0.25, -0.2) is 0 Å². The molecule has 0 aromatic heterocycles. The molecule has 24 heavy (non-hydrogen) atoms. The minimum Gasteiger partial charge on any atom is -0.480 e. The maximum Gasteiger partial charge on any atom is 0.322 e. The minimum atomic E-state index is -1.15. The summed E-state index contributed by atoms with van der Waals surface area (Å²) in [4.78, 5) is 26.4. The van der Waals surface area contributed by atoms with Gasteiger partial charge in [0.1, 0.15) is 18.2 Å². The molecule has 2 N–H and O–H groups in total. The van der Waals surface area contributed by atoms with E-state index in [-0.39, 0.29) is 5.57 Å². The van der Waals surface area contributed by atoms with E-state index in [9.17, 15) is 9.59 Å². The second-order valence-corrected chi connectivity index (χ2v) is 5.59. The molecular formula is C17H20N4O3. The first-order valence-electron chi connectivity index (χ1n) is 7.67. The minimum absolute atomic E-state index is 0.0831. The Morgan fingerprint density at radius 2 is 2.04 bits per heavy atom. The Bertz CT molecular complexity index is 685. The second-order valence-electron chi connectivity index (χ2n) is 5.59. The van der Waals surface area contributed by atoms with Gasteiger partial charge in [0.25, 0.3) is 5.91 Å². The first-order valence-corrected chi connectivity index (χ1v) is 7.67. The van der Waals surface area contributed by atoms with Crippen LogP contribution < -0.4 is 10.2 Å². The van der Waals surface area contributed by atoms with Gasteiger partial charge in [0.15, 0.2) is 0 Å². The van der Waals surface area contributed by atoms with Gasteiger partial charge in [0, 0.05) is 38.1 Å². The molecule has 126 valence electrons. The van der Waals surface area contributed by atoms with Crippen molar-refractivity contribution >= 4 is 17.6 Å². The number of aryl methyl sites for hydroxylation is 1. The molecule has 1 fully saturated rings. The highest BCUT2D eigenvalue weighted by Gasteiger charge is 2.18. The van der Waals surface area contributed by atoms with Gasteiger partial charge in [-0.05, 0) is 24.6 Å². The number of benzene rings is 1. The third-order valence-electron chi connectivity index (χ3n) is 3.76. The van der Waals surface area contributed by atoms with Crippen molar-refractivity contribution in [2.75, 3.05) is 37.6 Å². The molecule has 0 atom stereocenters. The van der Waals surface area contributed by atoms with Crippen LogP contribution in [0.3, 0.4) is 0 Å². The fraction of sp³-hybridized carbons (Fsp3) is 0.353. The molecule has 2 rings (SSSR count). The molecular weight excluding hydrogens is 308 g/mol. The van der Waals surface area contributed by atoms with E-state index in [0.717, 1.165) is 13.1 Å². The molecule has 1 aliphatic heterocycles. The third-order valence-corrected chi connectivity index (χ3v) is 3.76. The Kier molecular flexibility index (Phi) is 5.79. The maximum absolute atomic E-state index is 11.8. The largest absolute Gasteiger partial charge is 0.480 e. The van der Waals surface area contributed by atoms with Gasteiger partial charge in [0.2, 0.25) is 0 Å². The summed E-state index contributed by atoms with van der Waals surface area (Å²) in [7, 11) is 0. The van der Waals surface area contributed by atoms with E-state index in [2.05, 4.69) is 35.3 Å². The van der Waals surface area contributed by atoms with Crippen LogP contribution in [0.2, 0.25) is 0 Å². The van der Waals surface area contributed by atoms with E-state index < -0.39 is 18.4 Å². The predicted octanol–water partition coefficient (Wildman–Crippen LogP) is 0.725. The lowest BCUT2D eigenvalue weighted by Gasteiger charge is -2.35. The van der Waals surface area contributed by atoms with E-state index in [1.807, 2.05) is 17.0 Å². The summed E-state index contributed by atoms with van der Waals surface area (Å²) < 4.78 is 0. The Labute approximate surface area is 140 Å². The number of carbonyl (C=O) groups excluding carboxylic acids is 1. The number of amides is 1. The van der Waals surface area contributed by atoms with Crippen LogP contribution in [0.15, 0.2) is 36.0 Å². The maximum atomic E-state index is 11.8. The highest BCUT2D eigenvalue weighted by atomic mass is 16.4. The fourth-order valence-corrected chi connectivity index (χ4v) is 2.51. The van der Waals surface area contributed by atoms with E-state index in [1.54, 1.807) is 0 Å². The molecule has 0 spiro atoms. The number of carboxylic acids is 1. The van der Waals surface area contributed by atoms with E-state index in [0.29, 0.717) is 13.1 Å². The van der Waals surface area contributed by atoms with Crippen molar-refractivity contribution in [1.29, 1.82) is 5.26 Å². The van der Waals surface area contributed by atoms with E-state index >= 15 is 0 Å². The predicted molar refractivity (Wildman–Crippen MR) is 89.3 cm³/mol. The smallest absolute Gasteiger partial charge is 0.322 e. The monoisotopic (exact) mass is 328 g/mol. The lowest BCUT2D eigenvalue weighted by atomic mass is 10.2. The number of anilines is 1. The highest BCUT2D eigenvalue weighted by molar-refractivity contribution is 5.98. The van der Waals surface area contributed by atoms with Crippen molar-refractivity contribution in [2.45, 2.75) is 6.92 Å². The van der Waals surface area contributed by atoms with Crippen LogP contribution in [0.5, 0.6) is 0 Å². The van der Waals surface area contributed by atoms with E-state index in [1.165, 1.54) is 17.5 Å². The molecule has 1 amide bonds. The molecule has 7 nitrogen and oxygen atoms in total. The Morgan fingerprint density at radius 3 is 2.62 bits per heavy atom. The highest BCUT2D eigenvalue weighted by Crippen LogP contribution is 2.18. The lowest BCUT2D eigenvalue weighted by Crippen LogP contribution is -2.44. The molecule has 7 heteroatoms. The summed E-state index contributed by atoms with van der Waals surface area (Å²) in [5, 5.41) is 19.8. The SMILES string of the molecule is Cc1cccc(N2CCN(/C=C(/C#N)C(=O)NCC(=O)O)CC2)c1. The Hall–Kier alpha value is -3.01. The van der Waals surface area contributed by atoms with Crippen LogP contribution in [-0.4, -0.2) is 54.6 Å². The Morgan fingerprint density at radius 1 is 1.33 bits per heavy atom. The van der Waals surface area contributed by atoms with Crippen molar-refractivity contribution in [3.63, 3.8) is 0 Å². The summed E-state index contributed by atoms with van der Waals surface area (Å²) in [6.07, 6.45) is 1.50. The summed E-state index contributed by atoms with van der Waals surface area (Å²) in [5.41, 5.74) is 2.29. The Balaban J connectivity index is 1.94. The zero-order valence-electron chi connectivity index (χ0n) is 13.5. The summed E-state index contributed by atoms with van der Waals surface area (Å²) >= 11 is 0. The standard InChI is InChI=1S/C17H20N4O3/c1-13-3-2-4-15(9-13)21-7-5-20(6-8-21)12-14(10-18)17(24)19-11-16(22)23/h2-4,9,12H,5-8,11H2,1H3,(H,19,24)(H,22,23)/b14-12-. The molecule has 0 unspecified atom stereocenters. The van der Waals surface area contributed by atoms with Crippen LogP contribution in [0.4, 0.5) is 5.69 Å². The number of nitrogens with one attached hydrogen (secondary N) is 1. The summed E-state index contributed by atoms with van der Waals surface area (Å²) in [6.45, 7) is 4.50. The number of rotatable bonds is 5. The molecule has 0 radical (unpaired) electrons. The number of hydrogen-bond acceptors (Lipinski definition) is 5. The fourth-order valence-electron chi connectivity index (χ4n) is 2.51. The zero-order chi connectivity index (χ0) is 17.5. The normalized spacial score (nSPS) is 14.9. The van der Waals surface area contributed by atoms with Crippen molar-refractivity contribution < 1.29 is 14.7 Å². The molecule has 0 saturated carbocycles. The number of carboxylic acid groups (broad SMARTS) is 1. The molecule has 1 aliphatic rings. The topological polar surface area (TPSA) is 96.7 Å². The summed E-state index contributed by atoms with van der Waals surface area (Å²) in [5.74, 6) is -1.81. The van der Waals surface area contributed by atoms with Gasteiger partial charge in [-0.3, -0.25) is 9.59 Å². The van der Waals surface area contributed by atoms with Crippen molar-refractivity contribution in [2.24, 2.45) is 0 Å². The van der Waals surface area contributed by atoms with Gasteiger partial charge in [-0.15, -0.1) is 0 Å². The molecule has 1 heterocycles. The number of nitriles is 1. The van der Waals surface area contributed by atoms with Crippen molar-refractivity contribution in [1.82, 2.24) is 10.2 Å². The van der Waals surface area contributed by atoms with Gasteiger partial charge >= 0.3 is 5.97 Å². The van der Waals surface area contributed by atoms with Crippen LogP contribution in [0.25, 0.3) is 0 Å². The van der Waals surface area contributed by atoms with Crippen LogP contribution in [-0.2, 0) is 9.59 Å². The quantitative estimate of drug-likeness (QED) is 0.611. The number of piperazine rings is 1. The molecule has 0 aliphatic carbocycles. The third kappa shape index (κ3) is 4.74. The second kappa shape index (κ2) is 8.02.